The zero-order valence-electron chi connectivity index (χ0n) is 14.9. The van der Waals surface area contributed by atoms with E-state index < -0.39 is 0 Å². The smallest absolute Gasteiger partial charge is 0.317 e. The number of amides is 2. The first kappa shape index (κ1) is 16.5. The maximum absolute atomic E-state index is 12.7. The van der Waals surface area contributed by atoms with Crippen LogP contribution in [0.5, 0.6) is 11.5 Å². The number of nitrogens with zero attached hydrogens (tertiary/aromatic N) is 2. The summed E-state index contributed by atoms with van der Waals surface area (Å²) in [6.07, 6.45) is 4.49. The Labute approximate surface area is 149 Å². The number of benzene rings is 1. The molecule has 2 amide bonds. The van der Waals surface area contributed by atoms with Crippen LogP contribution in [0.2, 0.25) is 0 Å². The van der Waals surface area contributed by atoms with Crippen molar-refractivity contribution in [3.63, 3.8) is 0 Å². The number of fused-ring (bicyclic) bond motifs is 1. The number of likely N-dealkylation sites (tertiary alicyclic amines) is 2. The van der Waals surface area contributed by atoms with E-state index in [9.17, 15) is 4.79 Å². The van der Waals surface area contributed by atoms with E-state index in [4.69, 9.17) is 9.47 Å². The summed E-state index contributed by atoms with van der Waals surface area (Å²) in [7, 11) is 1.65. The summed E-state index contributed by atoms with van der Waals surface area (Å²) >= 11 is 0. The van der Waals surface area contributed by atoms with Crippen LogP contribution in [0, 0.1) is 0 Å². The van der Waals surface area contributed by atoms with Gasteiger partial charge in [0.05, 0.1) is 19.8 Å². The van der Waals surface area contributed by atoms with Crippen LogP contribution in [0.3, 0.4) is 0 Å². The maximum atomic E-state index is 12.7. The topological polar surface area (TPSA) is 54.0 Å². The van der Waals surface area contributed by atoms with Crippen LogP contribution in [-0.2, 0) is 0 Å². The van der Waals surface area contributed by atoms with E-state index in [0.717, 1.165) is 43.0 Å². The molecular weight excluding hydrogens is 318 g/mol. The first-order valence-electron chi connectivity index (χ1n) is 9.35. The van der Waals surface area contributed by atoms with Crippen molar-refractivity contribution in [1.29, 1.82) is 0 Å². The SMILES string of the molecule is COc1ccc2c(c1)OCCC2NC(=O)N1CCC(N2CCCC2)C1. The zero-order chi connectivity index (χ0) is 17.2. The molecule has 3 aliphatic heterocycles. The van der Waals surface area contributed by atoms with E-state index in [1.165, 1.54) is 25.9 Å². The lowest BCUT2D eigenvalue weighted by Gasteiger charge is -2.29. The van der Waals surface area contributed by atoms with Crippen molar-refractivity contribution in [2.24, 2.45) is 0 Å². The fourth-order valence-corrected chi connectivity index (χ4v) is 4.22. The predicted molar refractivity (Wildman–Crippen MR) is 95.2 cm³/mol. The molecule has 2 unspecified atom stereocenters. The quantitative estimate of drug-likeness (QED) is 0.914. The van der Waals surface area contributed by atoms with Gasteiger partial charge in [-0.3, -0.25) is 4.90 Å². The van der Waals surface area contributed by atoms with Crippen molar-refractivity contribution < 1.29 is 14.3 Å². The lowest BCUT2D eigenvalue weighted by atomic mass is 10.0. The maximum Gasteiger partial charge on any atom is 0.317 e. The highest BCUT2D eigenvalue weighted by molar-refractivity contribution is 5.75. The number of methoxy groups -OCH3 is 1. The summed E-state index contributed by atoms with van der Waals surface area (Å²) in [6.45, 7) is 4.70. The molecule has 1 N–H and O–H groups in total. The molecule has 1 aromatic rings. The summed E-state index contributed by atoms with van der Waals surface area (Å²) in [5, 5.41) is 3.21. The minimum atomic E-state index is 0.00740. The molecule has 3 aliphatic rings. The number of ether oxygens (including phenoxy) is 2. The van der Waals surface area contributed by atoms with Gasteiger partial charge in [-0.1, -0.05) is 0 Å². The Kier molecular flexibility index (Phi) is 4.70. The van der Waals surface area contributed by atoms with Crippen molar-refractivity contribution in [2.45, 2.75) is 37.8 Å². The highest BCUT2D eigenvalue weighted by Gasteiger charge is 2.33. The number of urea groups is 1. The van der Waals surface area contributed by atoms with Crippen LogP contribution >= 0.6 is 0 Å². The van der Waals surface area contributed by atoms with Crippen molar-refractivity contribution in [3.05, 3.63) is 23.8 Å². The minimum absolute atomic E-state index is 0.00740. The number of hydrogen-bond acceptors (Lipinski definition) is 4. The zero-order valence-corrected chi connectivity index (χ0v) is 14.9. The number of carbonyl (C=O) groups is 1. The van der Waals surface area contributed by atoms with E-state index in [2.05, 4.69) is 10.2 Å². The standard InChI is InChI=1S/C19H27N3O3/c1-24-15-4-5-16-17(7-11-25-18(16)12-15)20-19(23)22-10-6-14(13-22)21-8-2-3-9-21/h4-5,12,14,17H,2-3,6-11,13H2,1H3,(H,20,23). The van der Waals surface area contributed by atoms with Crippen LogP contribution < -0.4 is 14.8 Å². The van der Waals surface area contributed by atoms with Gasteiger partial charge >= 0.3 is 6.03 Å². The van der Waals surface area contributed by atoms with Gasteiger partial charge in [0.1, 0.15) is 11.5 Å². The third-order valence-electron chi connectivity index (χ3n) is 5.67. The molecule has 0 aromatic heterocycles. The molecule has 0 bridgehead atoms. The second-order valence-corrected chi connectivity index (χ2v) is 7.17. The average molecular weight is 345 g/mol. The molecule has 136 valence electrons. The Bertz CT molecular complexity index is 630. The number of nitrogens with one attached hydrogen (secondary N) is 1. The van der Waals surface area contributed by atoms with Gasteiger partial charge in [0.15, 0.2) is 0 Å². The summed E-state index contributed by atoms with van der Waals surface area (Å²) in [5.74, 6) is 1.59. The molecule has 1 aromatic carbocycles. The number of rotatable bonds is 3. The van der Waals surface area contributed by atoms with E-state index >= 15 is 0 Å². The number of hydrogen-bond donors (Lipinski definition) is 1. The molecular formula is C19H27N3O3. The Hall–Kier alpha value is -1.95. The van der Waals surface area contributed by atoms with Gasteiger partial charge in [0.2, 0.25) is 0 Å². The van der Waals surface area contributed by atoms with Gasteiger partial charge in [-0.05, 0) is 44.5 Å². The van der Waals surface area contributed by atoms with Gasteiger partial charge in [-0.2, -0.15) is 0 Å². The lowest BCUT2D eigenvalue weighted by molar-refractivity contribution is 0.188. The summed E-state index contributed by atoms with van der Waals surface area (Å²) in [6, 6.07) is 6.41. The largest absolute Gasteiger partial charge is 0.497 e. The Morgan fingerprint density at radius 1 is 1.24 bits per heavy atom. The van der Waals surface area contributed by atoms with Crippen molar-refractivity contribution in [2.75, 3.05) is 39.9 Å². The van der Waals surface area contributed by atoms with Crippen LogP contribution in [0.4, 0.5) is 4.79 Å². The second kappa shape index (κ2) is 7.12. The van der Waals surface area contributed by atoms with Crippen molar-refractivity contribution in [3.8, 4) is 11.5 Å². The second-order valence-electron chi connectivity index (χ2n) is 7.17. The Morgan fingerprint density at radius 3 is 2.88 bits per heavy atom. The van der Waals surface area contributed by atoms with Gasteiger partial charge in [0.25, 0.3) is 0 Å². The molecule has 25 heavy (non-hydrogen) atoms. The molecule has 0 saturated carbocycles. The fourth-order valence-electron chi connectivity index (χ4n) is 4.22. The van der Waals surface area contributed by atoms with Gasteiger partial charge < -0.3 is 19.7 Å². The first-order valence-corrected chi connectivity index (χ1v) is 9.35. The van der Waals surface area contributed by atoms with E-state index in [1.54, 1.807) is 7.11 Å². The van der Waals surface area contributed by atoms with Gasteiger partial charge in [0, 0.05) is 37.2 Å². The van der Waals surface area contributed by atoms with Gasteiger partial charge in [-0.25, -0.2) is 4.79 Å². The summed E-state index contributed by atoms with van der Waals surface area (Å²) in [4.78, 5) is 17.3. The van der Waals surface area contributed by atoms with Crippen LogP contribution in [0.1, 0.15) is 37.3 Å². The van der Waals surface area contributed by atoms with Crippen LogP contribution in [0.15, 0.2) is 18.2 Å². The molecule has 0 spiro atoms. The molecule has 6 nitrogen and oxygen atoms in total. The molecule has 2 saturated heterocycles. The third kappa shape index (κ3) is 3.40. The van der Waals surface area contributed by atoms with Crippen molar-refractivity contribution >= 4 is 6.03 Å². The molecule has 4 rings (SSSR count). The van der Waals surface area contributed by atoms with Gasteiger partial charge in [-0.15, -0.1) is 0 Å². The summed E-state index contributed by atoms with van der Waals surface area (Å²) in [5.41, 5.74) is 1.04. The average Bonchev–Trinajstić information content (AvgIpc) is 3.32. The normalized spacial score (nSPS) is 26.2. The molecule has 2 atom stereocenters. The summed E-state index contributed by atoms with van der Waals surface area (Å²) < 4.78 is 11.0. The Morgan fingerprint density at radius 2 is 2.08 bits per heavy atom. The van der Waals surface area contributed by atoms with E-state index in [1.807, 2.05) is 23.1 Å². The highest BCUT2D eigenvalue weighted by Crippen LogP contribution is 2.35. The van der Waals surface area contributed by atoms with E-state index in [0.29, 0.717) is 12.6 Å². The third-order valence-corrected chi connectivity index (χ3v) is 5.67. The Balaban J connectivity index is 1.39. The van der Waals surface area contributed by atoms with Crippen molar-refractivity contribution in [1.82, 2.24) is 15.1 Å². The predicted octanol–water partition coefficient (Wildman–Crippen LogP) is 2.40. The highest BCUT2D eigenvalue weighted by atomic mass is 16.5. The van der Waals surface area contributed by atoms with E-state index in [-0.39, 0.29) is 12.1 Å². The monoisotopic (exact) mass is 345 g/mol. The molecule has 2 fully saturated rings. The number of carbonyl (C=O) groups excluding carboxylic acids is 1. The molecule has 0 aliphatic carbocycles. The molecule has 0 radical (unpaired) electrons. The first-order chi connectivity index (χ1) is 12.2. The fraction of sp³-hybridized carbons (Fsp3) is 0.632. The molecule has 3 heterocycles. The lowest BCUT2D eigenvalue weighted by Crippen LogP contribution is -2.43. The minimum Gasteiger partial charge on any atom is -0.497 e. The van der Waals surface area contributed by atoms with Crippen LogP contribution in [0.25, 0.3) is 0 Å². The van der Waals surface area contributed by atoms with Crippen LogP contribution in [-0.4, -0.2) is 61.8 Å². The molecule has 6 heteroatoms.